The van der Waals surface area contributed by atoms with Crippen LogP contribution in [0.3, 0.4) is 0 Å². The fourth-order valence-corrected chi connectivity index (χ4v) is 2.74. The summed E-state index contributed by atoms with van der Waals surface area (Å²) in [6.07, 6.45) is 8.30. The molecule has 2 unspecified atom stereocenters. The molecular weight excluding hydrogens is 298 g/mol. The van der Waals surface area contributed by atoms with Crippen molar-refractivity contribution in [2.45, 2.75) is 24.9 Å². The van der Waals surface area contributed by atoms with E-state index in [0.717, 1.165) is 6.42 Å². The van der Waals surface area contributed by atoms with Crippen LogP contribution in [0, 0.1) is 0 Å². The van der Waals surface area contributed by atoms with Crippen molar-refractivity contribution in [1.82, 2.24) is 15.6 Å². The zero-order valence-corrected chi connectivity index (χ0v) is 13.8. The first-order chi connectivity index (χ1) is 11.7. The molecule has 1 aromatic heterocycles. The van der Waals surface area contributed by atoms with Crippen LogP contribution in [-0.2, 0) is 6.42 Å². The average molecular weight is 321 g/mol. The van der Waals surface area contributed by atoms with Gasteiger partial charge in [-0.15, -0.1) is 0 Å². The zero-order valence-electron chi connectivity index (χ0n) is 13.8. The lowest BCUT2D eigenvalue weighted by atomic mass is 9.87. The van der Waals surface area contributed by atoms with Gasteiger partial charge in [-0.05, 0) is 29.7 Å². The fourth-order valence-electron chi connectivity index (χ4n) is 2.74. The van der Waals surface area contributed by atoms with Crippen molar-refractivity contribution in [1.29, 1.82) is 0 Å². The maximum absolute atomic E-state index is 6.58. The Hall–Kier alpha value is -2.66. The average Bonchev–Trinajstić information content (AvgIpc) is 2.63. The lowest BCUT2D eigenvalue weighted by Gasteiger charge is -2.37. The van der Waals surface area contributed by atoms with Crippen LogP contribution in [0.5, 0.6) is 0 Å². The molecule has 1 aliphatic heterocycles. The second-order valence-electron chi connectivity index (χ2n) is 6.01. The molecule has 5 heteroatoms. The van der Waals surface area contributed by atoms with E-state index in [2.05, 4.69) is 45.7 Å². The molecule has 0 fully saturated rings. The Morgan fingerprint density at radius 3 is 2.79 bits per heavy atom. The largest absolute Gasteiger partial charge is 0.334 e. The Morgan fingerprint density at radius 1 is 1.21 bits per heavy atom. The predicted molar refractivity (Wildman–Crippen MR) is 97.4 cm³/mol. The summed E-state index contributed by atoms with van der Waals surface area (Å²) < 4.78 is 0. The molecule has 0 saturated heterocycles. The lowest BCUT2D eigenvalue weighted by molar-refractivity contribution is 0.403. The second kappa shape index (κ2) is 7.27. The number of rotatable bonds is 5. The number of hydrogen-bond donors (Lipinski definition) is 3. The quantitative estimate of drug-likeness (QED) is 0.789. The van der Waals surface area contributed by atoms with E-state index < -0.39 is 5.66 Å². The molecule has 0 saturated carbocycles. The summed E-state index contributed by atoms with van der Waals surface area (Å²) in [5, 5.41) is 6.46. The number of aliphatic imine (C=N–C) groups is 1. The molecule has 0 bridgehead atoms. The Balaban J connectivity index is 1.66. The minimum Gasteiger partial charge on any atom is -0.334 e. The van der Waals surface area contributed by atoms with Gasteiger partial charge in [0.2, 0.25) is 0 Å². The van der Waals surface area contributed by atoms with Crippen molar-refractivity contribution in [2.24, 2.45) is 10.7 Å². The first-order valence-corrected chi connectivity index (χ1v) is 8.17. The van der Waals surface area contributed by atoms with Crippen LogP contribution in [-0.4, -0.2) is 23.2 Å². The van der Waals surface area contributed by atoms with E-state index in [4.69, 9.17) is 5.73 Å². The number of guanidine groups is 1. The van der Waals surface area contributed by atoms with Gasteiger partial charge < -0.3 is 16.4 Å². The number of benzene rings is 1. The van der Waals surface area contributed by atoms with E-state index in [0.29, 0.717) is 12.5 Å². The maximum Gasteiger partial charge on any atom is 0.197 e. The summed E-state index contributed by atoms with van der Waals surface area (Å²) in [4.78, 5) is 8.70. The topological polar surface area (TPSA) is 75.3 Å². The highest BCUT2D eigenvalue weighted by Crippen LogP contribution is 2.26. The Morgan fingerprint density at radius 2 is 2.04 bits per heavy atom. The standard InChI is InChI=1S/C19H23N5/c1-15(17-7-3-2-4-8-17)19(20)10-13-23-18(24-19)22-12-9-16-6-5-11-21-14-16/h2-8,10-11,13-15H,9,12,20H2,1H3,(H2,22,23,24). The van der Waals surface area contributed by atoms with Gasteiger partial charge in [-0.2, -0.15) is 0 Å². The molecule has 24 heavy (non-hydrogen) atoms. The van der Waals surface area contributed by atoms with E-state index in [9.17, 15) is 0 Å². The highest BCUT2D eigenvalue weighted by Gasteiger charge is 2.33. The summed E-state index contributed by atoms with van der Waals surface area (Å²) in [6, 6.07) is 14.3. The molecule has 0 amide bonds. The molecule has 0 aliphatic carbocycles. The number of nitrogens with one attached hydrogen (secondary N) is 2. The van der Waals surface area contributed by atoms with Crippen molar-refractivity contribution in [2.75, 3.05) is 6.54 Å². The molecule has 2 heterocycles. The highest BCUT2D eigenvalue weighted by atomic mass is 15.3. The monoisotopic (exact) mass is 321 g/mol. The van der Waals surface area contributed by atoms with E-state index in [1.54, 1.807) is 6.20 Å². The van der Waals surface area contributed by atoms with Gasteiger partial charge in [-0.25, -0.2) is 0 Å². The first kappa shape index (κ1) is 16.2. The second-order valence-corrected chi connectivity index (χ2v) is 6.01. The van der Waals surface area contributed by atoms with Gasteiger partial charge in [0.05, 0.1) is 0 Å². The number of nitrogens with zero attached hydrogens (tertiary/aromatic N) is 2. The summed E-state index contributed by atoms with van der Waals surface area (Å²) >= 11 is 0. The van der Waals surface area contributed by atoms with Gasteiger partial charge in [0.25, 0.3) is 0 Å². The molecule has 124 valence electrons. The fraction of sp³-hybridized carbons (Fsp3) is 0.263. The van der Waals surface area contributed by atoms with Crippen molar-refractivity contribution in [3.63, 3.8) is 0 Å². The van der Waals surface area contributed by atoms with Gasteiger partial charge in [-0.3, -0.25) is 9.98 Å². The van der Waals surface area contributed by atoms with E-state index in [-0.39, 0.29) is 5.92 Å². The van der Waals surface area contributed by atoms with E-state index in [1.165, 1.54) is 11.1 Å². The molecule has 4 N–H and O–H groups in total. The number of pyridine rings is 1. The SMILES string of the molecule is CC(c1ccccc1)C1(N)C=CNC(=NCCc2cccnc2)N1. The van der Waals surface area contributed by atoms with Gasteiger partial charge in [-0.1, -0.05) is 43.3 Å². The van der Waals surface area contributed by atoms with Gasteiger partial charge >= 0.3 is 0 Å². The van der Waals surface area contributed by atoms with Crippen LogP contribution in [0.15, 0.2) is 72.1 Å². The number of nitrogens with two attached hydrogens (primary N) is 1. The third-order valence-electron chi connectivity index (χ3n) is 4.32. The Kier molecular flexibility index (Phi) is 4.91. The summed E-state index contributed by atoms with van der Waals surface area (Å²) in [7, 11) is 0. The predicted octanol–water partition coefficient (Wildman–Crippen LogP) is 2.15. The lowest BCUT2D eigenvalue weighted by Crippen LogP contribution is -2.62. The molecule has 1 aromatic carbocycles. The molecular formula is C19H23N5. The molecule has 2 atom stereocenters. The molecule has 1 aliphatic rings. The smallest absolute Gasteiger partial charge is 0.197 e. The summed E-state index contributed by atoms with van der Waals surface area (Å²) in [6.45, 7) is 2.79. The number of hydrogen-bond acceptors (Lipinski definition) is 3. The van der Waals surface area contributed by atoms with Crippen molar-refractivity contribution >= 4 is 5.96 Å². The Labute approximate surface area is 142 Å². The van der Waals surface area contributed by atoms with Gasteiger partial charge in [0.1, 0.15) is 5.66 Å². The molecule has 0 spiro atoms. The van der Waals surface area contributed by atoms with Crippen LogP contribution in [0.25, 0.3) is 0 Å². The highest BCUT2D eigenvalue weighted by molar-refractivity contribution is 5.83. The number of aromatic nitrogens is 1. The minimum atomic E-state index is -0.667. The van der Waals surface area contributed by atoms with Crippen LogP contribution in [0.4, 0.5) is 0 Å². The van der Waals surface area contributed by atoms with Crippen LogP contribution in [0.2, 0.25) is 0 Å². The third kappa shape index (κ3) is 3.81. The van der Waals surface area contributed by atoms with Crippen molar-refractivity contribution < 1.29 is 0 Å². The first-order valence-electron chi connectivity index (χ1n) is 8.17. The molecule has 2 aromatic rings. The minimum absolute atomic E-state index is 0.112. The summed E-state index contributed by atoms with van der Waals surface area (Å²) in [5.41, 5.74) is 8.27. The van der Waals surface area contributed by atoms with E-state index >= 15 is 0 Å². The van der Waals surface area contributed by atoms with Gasteiger partial charge in [0, 0.05) is 31.1 Å². The van der Waals surface area contributed by atoms with Gasteiger partial charge in [0.15, 0.2) is 5.96 Å². The van der Waals surface area contributed by atoms with Crippen molar-refractivity contribution in [3.8, 4) is 0 Å². The Bertz CT molecular complexity index is 711. The zero-order chi connectivity index (χ0) is 16.8. The summed E-state index contributed by atoms with van der Waals surface area (Å²) in [5.74, 6) is 0.812. The van der Waals surface area contributed by atoms with Crippen molar-refractivity contribution in [3.05, 3.63) is 78.3 Å². The normalized spacial score (nSPS) is 22.7. The molecule has 0 radical (unpaired) electrons. The third-order valence-corrected chi connectivity index (χ3v) is 4.32. The molecule has 3 rings (SSSR count). The maximum atomic E-state index is 6.58. The van der Waals surface area contributed by atoms with Crippen LogP contribution >= 0.6 is 0 Å². The van der Waals surface area contributed by atoms with Crippen LogP contribution < -0.4 is 16.4 Å². The van der Waals surface area contributed by atoms with E-state index in [1.807, 2.05) is 42.7 Å². The molecule has 5 nitrogen and oxygen atoms in total. The van der Waals surface area contributed by atoms with Crippen LogP contribution in [0.1, 0.15) is 24.0 Å².